The lowest BCUT2D eigenvalue weighted by molar-refractivity contribution is -0.157. The minimum Gasteiger partial charge on any atom is -0.457 e. The van der Waals surface area contributed by atoms with Crippen LogP contribution in [-0.2, 0) is 9.53 Å². The Balaban J connectivity index is 2.11. The molecule has 0 aromatic heterocycles. The van der Waals surface area contributed by atoms with Crippen molar-refractivity contribution < 1.29 is 9.53 Å². The van der Waals surface area contributed by atoms with Gasteiger partial charge in [0.05, 0.1) is 0 Å². The summed E-state index contributed by atoms with van der Waals surface area (Å²) in [5.41, 5.74) is 5.48. The predicted octanol–water partition coefficient (Wildman–Crippen LogP) is 0.183. The van der Waals surface area contributed by atoms with Gasteiger partial charge in [-0.1, -0.05) is 0 Å². The molecule has 2 fully saturated rings. The highest BCUT2D eigenvalue weighted by Crippen LogP contribution is 2.42. The van der Waals surface area contributed by atoms with E-state index in [0.717, 1.165) is 19.3 Å². The number of carbonyl (C=O) groups is 1. The van der Waals surface area contributed by atoms with E-state index in [-0.39, 0.29) is 17.6 Å². The molecule has 1 aliphatic carbocycles. The van der Waals surface area contributed by atoms with Crippen molar-refractivity contribution in [2.75, 3.05) is 0 Å². The van der Waals surface area contributed by atoms with Crippen LogP contribution in [0, 0.1) is 0 Å². The summed E-state index contributed by atoms with van der Waals surface area (Å²) in [5, 5.41) is 0. The van der Waals surface area contributed by atoms with Crippen molar-refractivity contribution in [2.45, 2.75) is 37.3 Å². The van der Waals surface area contributed by atoms with Gasteiger partial charge < -0.3 is 10.5 Å². The second-order valence-electron chi connectivity index (χ2n) is 3.18. The molecule has 0 amide bonds. The molecule has 2 N–H and O–H groups in total. The van der Waals surface area contributed by atoms with Gasteiger partial charge in [0.1, 0.15) is 5.60 Å². The lowest BCUT2D eigenvalue weighted by Crippen LogP contribution is -2.56. The van der Waals surface area contributed by atoms with E-state index in [1.54, 1.807) is 0 Å². The summed E-state index contributed by atoms with van der Waals surface area (Å²) in [7, 11) is 0. The highest BCUT2D eigenvalue weighted by atomic mass is 16.6. The van der Waals surface area contributed by atoms with Gasteiger partial charge in [0.15, 0.2) is 0 Å². The quantitative estimate of drug-likeness (QED) is 0.490. The van der Waals surface area contributed by atoms with Crippen molar-refractivity contribution in [3.05, 3.63) is 0 Å². The molecule has 0 bridgehead atoms. The van der Waals surface area contributed by atoms with E-state index in [9.17, 15) is 4.79 Å². The fourth-order valence-corrected chi connectivity index (χ4v) is 1.71. The molecule has 1 saturated heterocycles. The molecule has 2 unspecified atom stereocenters. The molecular weight excluding hydrogens is 130 g/mol. The number of hydrogen-bond donors (Lipinski definition) is 1. The number of carbonyl (C=O) groups excluding carboxylic acids is 1. The molecule has 56 valence electrons. The maximum absolute atomic E-state index is 10.7. The summed E-state index contributed by atoms with van der Waals surface area (Å²) in [4.78, 5) is 10.7. The van der Waals surface area contributed by atoms with E-state index >= 15 is 0 Å². The average Bonchev–Trinajstić information content (AvgIpc) is 2.31. The molecule has 1 heterocycles. The lowest BCUT2D eigenvalue weighted by Gasteiger charge is -2.42. The Morgan fingerprint density at radius 2 is 2.40 bits per heavy atom. The smallest absolute Gasteiger partial charge is 0.306 e. The van der Waals surface area contributed by atoms with Gasteiger partial charge in [-0.2, -0.15) is 0 Å². The van der Waals surface area contributed by atoms with Gasteiger partial charge in [-0.25, -0.2) is 0 Å². The van der Waals surface area contributed by atoms with E-state index in [2.05, 4.69) is 0 Å². The molecule has 0 aromatic carbocycles. The molecule has 3 heteroatoms. The van der Waals surface area contributed by atoms with Crippen LogP contribution >= 0.6 is 0 Å². The van der Waals surface area contributed by atoms with E-state index in [1.165, 1.54) is 0 Å². The summed E-state index contributed by atoms with van der Waals surface area (Å²) >= 11 is 0. The Bertz CT molecular complexity index is 180. The Morgan fingerprint density at radius 3 is 2.60 bits per heavy atom. The predicted molar refractivity (Wildman–Crippen MR) is 35.3 cm³/mol. The Hall–Kier alpha value is -0.570. The van der Waals surface area contributed by atoms with E-state index in [1.807, 2.05) is 0 Å². The molecule has 3 nitrogen and oxygen atoms in total. The first-order chi connectivity index (χ1) is 4.73. The Morgan fingerprint density at radius 1 is 1.60 bits per heavy atom. The molecule has 1 spiro atoms. The fraction of sp³-hybridized carbons (Fsp3) is 0.857. The standard InChI is InChI=1S/C7H11NO2/c8-5-1-3-7(5)4-2-6(9)10-7/h5H,1-4,8H2. The number of nitrogens with two attached hydrogens (primary N) is 1. The monoisotopic (exact) mass is 141 g/mol. The van der Waals surface area contributed by atoms with Crippen LogP contribution in [0.5, 0.6) is 0 Å². The molecule has 10 heavy (non-hydrogen) atoms. The minimum atomic E-state index is -0.225. The topological polar surface area (TPSA) is 52.3 Å². The van der Waals surface area contributed by atoms with Gasteiger partial charge >= 0.3 is 5.97 Å². The number of esters is 1. The van der Waals surface area contributed by atoms with Crippen molar-refractivity contribution in [1.82, 2.24) is 0 Å². The second kappa shape index (κ2) is 1.72. The SMILES string of the molecule is NC1CCC12CCC(=O)O2. The van der Waals surface area contributed by atoms with Gasteiger partial charge in [-0.05, 0) is 19.3 Å². The molecular formula is C7H11NO2. The van der Waals surface area contributed by atoms with Crippen molar-refractivity contribution in [2.24, 2.45) is 5.73 Å². The Labute approximate surface area is 59.5 Å². The molecule has 2 rings (SSSR count). The summed E-state index contributed by atoms with van der Waals surface area (Å²) in [6.07, 6.45) is 3.38. The van der Waals surface area contributed by atoms with Crippen LogP contribution in [0.15, 0.2) is 0 Å². The highest BCUT2D eigenvalue weighted by Gasteiger charge is 2.51. The largest absolute Gasteiger partial charge is 0.457 e. The molecule has 0 aromatic rings. The van der Waals surface area contributed by atoms with Crippen LogP contribution in [0.1, 0.15) is 25.7 Å². The van der Waals surface area contributed by atoms with E-state index in [0.29, 0.717) is 6.42 Å². The summed E-state index contributed by atoms with van der Waals surface area (Å²) < 4.78 is 5.13. The fourth-order valence-electron chi connectivity index (χ4n) is 1.71. The Kier molecular flexibility index (Phi) is 1.06. The first-order valence-electron chi connectivity index (χ1n) is 3.70. The maximum atomic E-state index is 10.7. The van der Waals surface area contributed by atoms with Crippen molar-refractivity contribution in [1.29, 1.82) is 0 Å². The average molecular weight is 141 g/mol. The third kappa shape index (κ3) is 0.611. The summed E-state index contributed by atoms with van der Waals surface area (Å²) in [5.74, 6) is -0.0739. The van der Waals surface area contributed by atoms with Gasteiger partial charge in [0.25, 0.3) is 0 Å². The van der Waals surface area contributed by atoms with Crippen LogP contribution in [0.2, 0.25) is 0 Å². The number of ether oxygens (including phenoxy) is 1. The molecule has 2 aliphatic rings. The molecule has 2 atom stereocenters. The van der Waals surface area contributed by atoms with Gasteiger partial charge in [0.2, 0.25) is 0 Å². The van der Waals surface area contributed by atoms with E-state index < -0.39 is 0 Å². The zero-order valence-electron chi connectivity index (χ0n) is 5.80. The molecule has 0 radical (unpaired) electrons. The normalized spacial score (nSPS) is 45.3. The zero-order chi connectivity index (χ0) is 7.19. The maximum Gasteiger partial charge on any atom is 0.306 e. The minimum absolute atomic E-state index is 0.0739. The molecule has 1 saturated carbocycles. The lowest BCUT2D eigenvalue weighted by atomic mass is 9.74. The van der Waals surface area contributed by atoms with Crippen LogP contribution in [0.25, 0.3) is 0 Å². The van der Waals surface area contributed by atoms with Gasteiger partial charge in [-0.3, -0.25) is 4.79 Å². The summed E-state index contributed by atoms with van der Waals surface area (Å²) in [6.45, 7) is 0. The van der Waals surface area contributed by atoms with Gasteiger partial charge in [0, 0.05) is 12.5 Å². The second-order valence-corrected chi connectivity index (χ2v) is 3.18. The molecule has 1 aliphatic heterocycles. The van der Waals surface area contributed by atoms with E-state index in [4.69, 9.17) is 10.5 Å². The van der Waals surface area contributed by atoms with Crippen LogP contribution in [0.4, 0.5) is 0 Å². The van der Waals surface area contributed by atoms with Gasteiger partial charge in [-0.15, -0.1) is 0 Å². The third-order valence-corrected chi connectivity index (χ3v) is 2.62. The number of rotatable bonds is 0. The van der Waals surface area contributed by atoms with Crippen molar-refractivity contribution in [3.8, 4) is 0 Å². The number of hydrogen-bond acceptors (Lipinski definition) is 3. The summed E-state index contributed by atoms with van der Waals surface area (Å²) in [6, 6.07) is 0.110. The highest BCUT2D eigenvalue weighted by molar-refractivity contribution is 5.72. The third-order valence-electron chi connectivity index (χ3n) is 2.62. The zero-order valence-corrected chi connectivity index (χ0v) is 5.80. The first-order valence-corrected chi connectivity index (χ1v) is 3.70. The first kappa shape index (κ1) is 6.16. The van der Waals surface area contributed by atoms with Crippen molar-refractivity contribution in [3.63, 3.8) is 0 Å². The van der Waals surface area contributed by atoms with Crippen LogP contribution < -0.4 is 5.73 Å². The van der Waals surface area contributed by atoms with Crippen molar-refractivity contribution >= 4 is 5.97 Å². The van der Waals surface area contributed by atoms with Crippen LogP contribution in [0.3, 0.4) is 0 Å². The van der Waals surface area contributed by atoms with Crippen LogP contribution in [-0.4, -0.2) is 17.6 Å².